The third-order valence-electron chi connectivity index (χ3n) is 1.53. The van der Waals surface area contributed by atoms with E-state index < -0.39 is 18.4 Å². The molecule has 1 aromatic rings. The highest BCUT2D eigenvalue weighted by Gasteiger charge is 2.43. The largest absolute Gasteiger partial charge is 0.550 e. The van der Waals surface area contributed by atoms with Crippen molar-refractivity contribution < 1.29 is 19.2 Å². The van der Waals surface area contributed by atoms with Gasteiger partial charge in [-0.2, -0.15) is 0 Å². The standard InChI is InChI=1S/C4N10P/c5-10-1-2(11-6)4(13-8)15(14-9)3(1)12-7/q+1. The molecule has 0 aliphatic carbocycles. The molecule has 15 heavy (non-hydrogen) atoms. The average molecular weight is 219 g/mol. The third-order valence-corrected chi connectivity index (χ3v) is 3.11. The molecule has 1 heterocycles. The lowest BCUT2D eigenvalue weighted by Gasteiger charge is -1.43. The zero-order chi connectivity index (χ0) is 11.4. The second-order valence-electron chi connectivity index (χ2n) is 2.15. The molecule has 70 valence electrons. The maximum atomic E-state index is 8.59. The van der Waals surface area contributed by atoms with Gasteiger partial charge in [0.15, 0.2) is 4.75 Å². The predicted molar refractivity (Wildman–Crippen MR) is 39.0 cm³/mol. The molecule has 0 bridgehead atoms. The van der Waals surface area contributed by atoms with E-state index in [1.54, 1.807) is 0 Å². The minimum Gasteiger partial charge on any atom is -0.360 e. The Morgan fingerprint density at radius 2 is 1.20 bits per heavy atom. The fraction of sp³-hybridized carbons (Fsp3) is 0. The van der Waals surface area contributed by atoms with Gasteiger partial charge in [0.05, 0.1) is 0 Å². The number of nitrogens with zero attached hydrogens (tertiary/aromatic N) is 10. The molecule has 0 unspecified atom stereocenters. The lowest BCUT2D eigenvalue weighted by atomic mass is 10.5. The molecule has 0 atom stereocenters. The van der Waals surface area contributed by atoms with Crippen LogP contribution in [0.2, 0.25) is 0 Å². The molecule has 0 saturated heterocycles. The molecule has 10 nitrogen and oxygen atoms in total. The van der Waals surface area contributed by atoms with Gasteiger partial charge in [0.2, 0.25) is 5.39 Å². The van der Waals surface area contributed by atoms with Crippen molar-refractivity contribution in [3.63, 3.8) is 0 Å². The normalized spacial score (nSPS) is 9.13. The third kappa shape index (κ3) is 1.29. The van der Waals surface area contributed by atoms with Crippen LogP contribution in [0.15, 0.2) is 0 Å². The molecule has 0 amide bonds. The zero-order valence-electron chi connectivity index (χ0n) is 6.92. The fourth-order valence-electron chi connectivity index (χ4n) is 0.961. The molecule has 0 aliphatic rings. The van der Waals surface area contributed by atoms with Crippen molar-refractivity contribution in [1.82, 2.24) is 0 Å². The summed E-state index contributed by atoms with van der Waals surface area (Å²) in [7, 11) is -2.06. The van der Waals surface area contributed by atoms with Gasteiger partial charge in [-0.3, -0.25) is 0 Å². The summed E-state index contributed by atoms with van der Waals surface area (Å²) >= 11 is 0. The highest BCUT2D eigenvalue weighted by Crippen LogP contribution is 2.07. The summed E-state index contributed by atoms with van der Waals surface area (Å²) in [5.41, 5.74) is 34.2. The molecular formula is C4N10P+. The molecule has 0 aromatic carbocycles. The summed E-state index contributed by atoms with van der Waals surface area (Å²) in [6.45, 7) is 0. The number of hydrogen-bond acceptors (Lipinski definition) is 1. The SMILES string of the molecule is N#[N+]p1c(=[N+]=[N-])c(=[N+]=[N-])c(=[N+]=[N-])c1=[N+]=[N-]. The summed E-state index contributed by atoms with van der Waals surface area (Å²) in [6.07, 6.45) is 0. The van der Waals surface area contributed by atoms with E-state index in [9.17, 15) is 0 Å². The molecule has 0 N–H and O–H groups in total. The van der Waals surface area contributed by atoms with Crippen LogP contribution in [0.1, 0.15) is 0 Å². The average Bonchev–Trinajstić information content (AvgIpc) is 2.59. The van der Waals surface area contributed by atoms with Gasteiger partial charge in [0, 0.05) is 0 Å². The van der Waals surface area contributed by atoms with Crippen molar-refractivity contribution in [2.45, 2.75) is 0 Å². The Bertz CT molecular complexity index is 724. The van der Waals surface area contributed by atoms with Crippen LogP contribution in [-0.2, 0) is 0 Å². The molecule has 0 radical (unpaired) electrons. The van der Waals surface area contributed by atoms with E-state index >= 15 is 0 Å². The Kier molecular flexibility index (Phi) is 2.73. The smallest absolute Gasteiger partial charge is 0.360 e. The highest BCUT2D eigenvalue weighted by molar-refractivity contribution is 7.49. The van der Waals surface area contributed by atoms with Gasteiger partial charge >= 0.3 is 28.6 Å². The highest BCUT2D eigenvalue weighted by atomic mass is 31.1. The Hall–Kier alpha value is -2.76. The first kappa shape index (κ1) is 10.3. The maximum absolute atomic E-state index is 8.59. The quantitative estimate of drug-likeness (QED) is 0.266. The lowest BCUT2D eigenvalue weighted by Crippen LogP contribution is -2.40. The van der Waals surface area contributed by atoms with Gasteiger partial charge in [-0.1, -0.05) is 0 Å². The number of hydrogen-bond donors (Lipinski definition) is 0. The van der Waals surface area contributed by atoms with E-state index in [0.717, 1.165) is 0 Å². The van der Waals surface area contributed by atoms with Gasteiger partial charge in [-0.15, -0.1) is 19.2 Å². The van der Waals surface area contributed by atoms with Gasteiger partial charge in [0.1, 0.15) is 0 Å². The first-order chi connectivity index (χ1) is 7.24. The number of rotatable bonds is 0. The Labute approximate surface area is 80.8 Å². The van der Waals surface area contributed by atoms with Crippen molar-refractivity contribution in [2.75, 3.05) is 0 Å². The van der Waals surface area contributed by atoms with Crippen molar-refractivity contribution in [2.24, 2.45) is 0 Å². The minimum atomic E-state index is -2.06. The molecule has 1 rings (SSSR count). The van der Waals surface area contributed by atoms with Gasteiger partial charge < -0.3 is 22.1 Å². The van der Waals surface area contributed by atoms with Crippen LogP contribution in [0.4, 0.5) is 0 Å². The van der Waals surface area contributed by atoms with E-state index in [4.69, 9.17) is 27.5 Å². The molecule has 0 saturated carbocycles. The lowest BCUT2D eigenvalue weighted by molar-refractivity contribution is -0.138. The van der Waals surface area contributed by atoms with Crippen molar-refractivity contribution in [3.05, 3.63) is 47.8 Å². The summed E-state index contributed by atoms with van der Waals surface area (Å²) in [6, 6.07) is 0. The molecule has 0 spiro atoms. The topological polar surface area (TPSA) is 174 Å². The van der Waals surface area contributed by atoms with Crippen molar-refractivity contribution in [3.8, 4) is 0 Å². The van der Waals surface area contributed by atoms with Crippen LogP contribution in [0.5, 0.6) is 0 Å². The minimum absolute atomic E-state index is 0.351. The van der Waals surface area contributed by atoms with Gasteiger partial charge in [-0.05, 0) is 0 Å². The number of diazo groups is 1. The Morgan fingerprint density at radius 3 is 1.40 bits per heavy atom. The second-order valence-corrected chi connectivity index (χ2v) is 3.80. The summed E-state index contributed by atoms with van der Waals surface area (Å²) in [5.74, 6) is 0. The van der Waals surface area contributed by atoms with Crippen LogP contribution < -0.4 is 20.9 Å². The molecule has 0 aliphatic heterocycles. The van der Waals surface area contributed by atoms with Crippen molar-refractivity contribution >= 4 is 7.68 Å². The van der Waals surface area contributed by atoms with Crippen LogP contribution in [0, 0.1) is 5.39 Å². The van der Waals surface area contributed by atoms with E-state index in [1.807, 2.05) is 0 Å². The first-order valence-corrected chi connectivity index (χ1v) is 4.59. The summed E-state index contributed by atoms with van der Waals surface area (Å²) < 4.78 is 2.79. The van der Waals surface area contributed by atoms with E-state index in [-0.39, 0.29) is 10.2 Å². The van der Waals surface area contributed by atoms with Crippen LogP contribution in [0.25, 0.3) is 26.9 Å². The monoisotopic (exact) mass is 219 g/mol. The predicted octanol–water partition coefficient (Wildman–Crippen LogP) is -2.31. The molecule has 11 heteroatoms. The summed E-state index contributed by atoms with van der Waals surface area (Å²) in [5, 5.41) is 7.02. The maximum Gasteiger partial charge on any atom is 0.550 e. The van der Waals surface area contributed by atoms with Crippen LogP contribution in [0.3, 0.4) is 0 Å². The second kappa shape index (κ2) is 3.97. The fourth-order valence-corrected chi connectivity index (χ4v) is 2.20. The van der Waals surface area contributed by atoms with Crippen LogP contribution in [-0.4, -0.2) is 19.2 Å². The summed E-state index contributed by atoms with van der Waals surface area (Å²) in [4.78, 5) is 10.8. The van der Waals surface area contributed by atoms with E-state index in [0.29, 0.717) is 0 Å². The van der Waals surface area contributed by atoms with Gasteiger partial charge in [0.25, 0.3) is 0 Å². The Balaban J connectivity index is 4.71. The van der Waals surface area contributed by atoms with Crippen molar-refractivity contribution in [1.29, 1.82) is 5.39 Å². The van der Waals surface area contributed by atoms with E-state index in [1.165, 1.54) is 0 Å². The molecular weight excluding hydrogens is 219 g/mol. The molecule has 0 fully saturated rings. The first-order valence-electron chi connectivity index (χ1n) is 3.29. The zero-order valence-corrected chi connectivity index (χ0v) is 7.81. The van der Waals surface area contributed by atoms with E-state index in [2.05, 4.69) is 23.9 Å². The van der Waals surface area contributed by atoms with Crippen LogP contribution >= 0.6 is 7.68 Å². The van der Waals surface area contributed by atoms with Gasteiger partial charge in [-0.25, -0.2) is 0 Å². The Morgan fingerprint density at radius 1 is 0.800 bits per heavy atom. The molecule has 1 aromatic heterocycles.